The number of benzene rings is 1. The van der Waals surface area contributed by atoms with Crippen LogP contribution in [0.25, 0.3) is 0 Å². The van der Waals surface area contributed by atoms with Crippen molar-refractivity contribution in [2.24, 2.45) is 22.1 Å². The molecule has 0 radical (unpaired) electrons. The Morgan fingerprint density at radius 1 is 1.42 bits per heavy atom. The van der Waals surface area contributed by atoms with Crippen LogP contribution in [0.3, 0.4) is 0 Å². The largest absolute Gasteiger partial charge is 0.504 e. The number of carbonyl (C=O) groups excluding carboxylic acids is 1. The number of ether oxygens (including phenoxy) is 2. The summed E-state index contributed by atoms with van der Waals surface area (Å²) >= 11 is 0. The third-order valence-electron chi connectivity index (χ3n) is 6.29. The van der Waals surface area contributed by atoms with Crippen LogP contribution in [0, 0.1) is 23.2 Å². The van der Waals surface area contributed by atoms with Gasteiger partial charge >= 0.3 is 5.97 Å². The molecule has 8 nitrogen and oxygen atoms in total. The molecular formula is C25H37N3O5. The molecule has 0 fully saturated rings. The molecule has 0 spiro atoms. The van der Waals surface area contributed by atoms with Crippen molar-refractivity contribution in [2.45, 2.75) is 64.6 Å². The fraction of sp³-hybridized carbons (Fsp3) is 0.600. The highest BCUT2D eigenvalue weighted by molar-refractivity contribution is 5.77. The van der Waals surface area contributed by atoms with Gasteiger partial charge in [-0.3, -0.25) is 9.79 Å². The Balaban J connectivity index is 2.36. The van der Waals surface area contributed by atoms with E-state index in [4.69, 9.17) is 15.2 Å². The van der Waals surface area contributed by atoms with E-state index in [0.717, 1.165) is 12.0 Å². The number of nitrogens with two attached hydrogens (primary N) is 1. The Hall–Kier alpha value is -2.92. The number of aliphatic imine (C=N–C) groups is 1. The van der Waals surface area contributed by atoms with Gasteiger partial charge in [0.05, 0.1) is 13.2 Å². The zero-order valence-corrected chi connectivity index (χ0v) is 20.1. The highest BCUT2D eigenvalue weighted by Crippen LogP contribution is 2.33. The Labute approximate surface area is 196 Å². The summed E-state index contributed by atoms with van der Waals surface area (Å²) in [5.74, 6) is 7.07. The van der Waals surface area contributed by atoms with Crippen LogP contribution in [0.1, 0.15) is 51.5 Å². The number of esters is 1. The number of hydrogen-bond donors (Lipinski definition) is 4. The second-order valence-electron chi connectivity index (χ2n) is 8.65. The smallest absolute Gasteiger partial charge is 0.302 e. The van der Waals surface area contributed by atoms with E-state index in [9.17, 15) is 15.0 Å². The van der Waals surface area contributed by atoms with Crippen molar-refractivity contribution < 1.29 is 24.5 Å². The summed E-state index contributed by atoms with van der Waals surface area (Å²) in [5.41, 5.74) is 6.40. The second kappa shape index (κ2) is 12.4. The van der Waals surface area contributed by atoms with Gasteiger partial charge in [0.25, 0.3) is 0 Å². The molecule has 33 heavy (non-hydrogen) atoms. The minimum absolute atomic E-state index is 0.0640. The number of nitrogens with one attached hydrogen (secondary N) is 1. The predicted molar refractivity (Wildman–Crippen MR) is 128 cm³/mol. The molecule has 8 heteroatoms. The third kappa shape index (κ3) is 7.86. The van der Waals surface area contributed by atoms with E-state index < -0.39 is 12.2 Å². The van der Waals surface area contributed by atoms with E-state index >= 15 is 0 Å². The zero-order valence-electron chi connectivity index (χ0n) is 20.1. The van der Waals surface area contributed by atoms with Crippen molar-refractivity contribution in [3.63, 3.8) is 0 Å². The van der Waals surface area contributed by atoms with Crippen molar-refractivity contribution in [2.75, 3.05) is 20.7 Å². The predicted octanol–water partition coefficient (Wildman–Crippen LogP) is 2.36. The van der Waals surface area contributed by atoms with Crippen LogP contribution in [0.4, 0.5) is 0 Å². The van der Waals surface area contributed by atoms with E-state index in [1.54, 1.807) is 19.2 Å². The number of phenolic OH excluding ortho intramolecular Hbond substituents is 1. The van der Waals surface area contributed by atoms with Crippen LogP contribution in [0.2, 0.25) is 0 Å². The molecule has 0 bridgehead atoms. The average Bonchev–Trinajstić information content (AvgIpc) is 2.79. The fourth-order valence-corrected chi connectivity index (χ4v) is 4.16. The van der Waals surface area contributed by atoms with Gasteiger partial charge < -0.3 is 30.7 Å². The van der Waals surface area contributed by atoms with Gasteiger partial charge in [-0.1, -0.05) is 18.9 Å². The lowest BCUT2D eigenvalue weighted by molar-refractivity contribution is -0.151. The molecule has 1 aliphatic rings. The number of aliphatic hydroxyl groups excluding tert-OH is 1. The van der Waals surface area contributed by atoms with Crippen molar-refractivity contribution in [1.82, 2.24) is 5.32 Å². The van der Waals surface area contributed by atoms with Crippen molar-refractivity contribution in [3.8, 4) is 23.3 Å². The van der Waals surface area contributed by atoms with E-state index in [-0.39, 0.29) is 23.1 Å². The first kappa shape index (κ1) is 26.3. The van der Waals surface area contributed by atoms with E-state index in [0.29, 0.717) is 50.4 Å². The molecule has 1 aliphatic carbocycles. The summed E-state index contributed by atoms with van der Waals surface area (Å²) in [5, 5.41) is 23.9. The van der Waals surface area contributed by atoms with E-state index in [1.807, 2.05) is 6.07 Å². The monoisotopic (exact) mass is 459 g/mol. The summed E-state index contributed by atoms with van der Waals surface area (Å²) in [6.07, 6.45) is 2.31. The first-order chi connectivity index (χ1) is 15.7. The average molecular weight is 460 g/mol. The maximum Gasteiger partial charge on any atom is 0.302 e. The minimum Gasteiger partial charge on any atom is -0.504 e. The van der Waals surface area contributed by atoms with Crippen molar-refractivity contribution in [3.05, 3.63) is 23.8 Å². The number of phenols is 1. The lowest BCUT2D eigenvalue weighted by atomic mass is 9.77. The van der Waals surface area contributed by atoms with Crippen LogP contribution >= 0.6 is 0 Å². The number of aromatic hydroxyl groups is 1. The van der Waals surface area contributed by atoms with Gasteiger partial charge in [-0.05, 0) is 43.4 Å². The van der Waals surface area contributed by atoms with Crippen LogP contribution < -0.4 is 15.8 Å². The van der Waals surface area contributed by atoms with Gasteiger partial charge in [-0.25, -0.2) is 0 Å². The molecule has 0 saturated carbocycles. The van der Waals surface area contributed by atoms with Crippen molar-refractivity contribution in [1.29, 1.82) is 0 Å². The number of methoxy groups -OCH3 is 1. The van der Waals surface area contributed by atoms with Gasteiger partial charge in [0.15, 0.2) is 17.5 Å². The Kier molecular flexibility index (Phi) is 9.86. The molecule has 0 aromatic heterocycles. The standard InChI is InChI=1S/C25H37N3O5/c1-5-25(16-28-24(26)27-3)11-6-7-19(13-18-8-9-21(31)23(14-18)32-4)22(33-17(2)29)15-20(30)10-12-25/h8-9,14,19-20,22,30-31H,5,7,10,12-13,15-16H2,1-4H3,(H3,26,27,28)/t19-,20-,22-,25+/m0/s1. The Bertz CT molecular complexity index is 892. The minimum atomic E-state index is -0.630. The molecule has 0 saturated heterocycles. The number of rotatable bonds is 7. The summed E-state index contributed by atoms with van der Waals surface area (Å²) < 4.78 is 10.9. The fourth-order valence-electron chi connectivity index (χ4n) is 4.16. The number of nitrogens with zero attached hydrogens (tertiary/aromatic N) is 1. The molecule has 4 atom stereocenters. The molecule has 5 N–H and O–H groups in total. The lowest BCUT2D eigenvalue weighted by Crippen LogP contribution is -2.41. The van der Waals surface area contributed by atoms with Crippen LogP contribution in [-0.4, -0.2) is 55.1 Å². The molecule has 0 unspecified atom stereocenters. The quantitative estimate of drug-likeness (QED) is 0.213. The summed E-state index contributed by atoms with van der Waals surface area (Å²) in [4.78, 5) is 15.8. The highest BCUT2D eigenvalue weighted by atomic mass is 16.5. The number of guanidine groups is 1. The van der Waals surface area contributed by atoms with Crippen LogP contribution in [0.5, 0.6) is 11.5 Å². The highest BCUT2D eigenvalue weighted by Gasteiger charge is 2.32. The van der Waals surface area contributed by atoms with E-state index in [1.165, 1.54) is 14.0 Å². The van der Waals surface area contributed by atoms with Crippen LogP contribution in [-0.2, 0) is 16.0 Å². The van der Waals surface area contributed by atoms with E-state index in [2.05, 4.69) is 29.1 Å². The first-order valence-corrected chi connectivity index (χ1v) is 11.4. The maximum atomic E-state index is 11.8. The topological polar surface area (TPSA) is 126 Å². The molecular weight excluding hydrogens is 422 g/mol. The SMILES string of the molecule is CC[C@@]1(CNC(N)=NC)C#CC[C@@H](Cc2ccc(O)c(OC)c2)[C@@H](OC(C)=O)C[C@@H](O)CC1. The molecule has 0 heterocycles. The second-order valence-corrected chi connectivity index (χ2v) is 8.65. The Morgan fingerprint density at radius 3 is 2.82 bits per heavy atom. The van der Waals surface area contributed by atoms with Gasteiger partial charge in [-0.2, -0.15) is 0 Å². The Morgan fingerprint density at radius 2 is 2.18 bits per heavy atom. The molecule has 1 aromatic carbocycles. The van der Waals surface area contributed by atoms with Gasteiger partial charge in [0, 0.05) is 44.7 Å². The molecule has 1 aromatic rings. The maximum absolute atomic E-state index is 11.8. The van der Waals surface area contributed by atoms with Gasteiger partial charge in [0.1, 0.15) is 6.10 Å². The lowest BCUT2D eigenvalue weighted by Gasteiger charge is -2.32. The molecule has 182 valence electrons. The van der Waals surface area contributed by atoms with Gasteiger partial charge in [0.2, 0.25) is 0 Å². The molecule has 0 aliphatic heterocycles. The zero-order chi connectivity index (χ0) is 24.4. The number of aliphatic hydroxyl groups is 1. The molecule has 0 amide bonds. The summed E-state index contributed by atoms with van der Waals surface area (Å²) in [6.45, 7) is 4.00. The van der Waals surface area contributed by atoms with Crippen molar-refractivity contribution >= 4 is 11.9 Å². The van der Waals surface area contributed by atoms with Crippen LogP contribution in [0.15, 0.2) is 23.2 Å². The number of carbonyl (C=O) groups is 1. The first-order valence-electron chi connectivity index (χ1n) is 11.4. The summed E-state index contributed by atoms with van der Waals surface area (Å²) in [6, 6.07) is 5.18. The van der Waals surface area contributed by atoms with Gasteiger partial charge in [-0.15, -0.1) is 5.92 Å². The number of hydrogen-bond acceptors (Lipinski definition) is 6. The summed E-state index contributed by atoms with van der Waals surface area (Å²) in [7, 11) is 3.13. The normalized spacial score (nSPS) is 26.0. The molecule has 2 rings (SSSR count). The third-order valence-corrected chi connectivity index (χ3v) is 6.29.